The van der Waals surface area contributed by atoms with Crippen LogP contribution in [0.25, 0.3) is 17.0 Å². The van der Waals surface area contributed by atoms with E-state index < -0.39 is 5.91 Å². The summed E-state index contributed by atoms with van der Waals surface area (Å²) in [5.74, 6) is -0.433. The third-order valence-corrected chi connectivity index (χ3v) is 3.21. The lowest BCUT2D eigenvalue weighted by Crippen LogP contribution is -2.13. The fraction of sp³-hybridized carbons (Fsp3) is 0. The van der Waals surface area contributed by atoms with Crippen LogP contribution in [0.2, 0.25) is 0 Å². The first kappa shape index (κ1) is 13.6. The number of pyridine rings is 1. The van der Waals surface area contributed by atoms with Crippen LogP contribution in [0.3, 0.4) is 0 Å². The van der Waals surface area contributed by atoms with E-state index in [0.717, 1.165) is 16.5 Å². The molecule has 3 aromatic rings. The van der Waals surface area contributed by atoms with Gasteiger partial charge in [0.2, 0.25) is 0 Å². The predicted octanol–water partition coefficient (Wildman–Crippen LogP) is 3.11. The Morgan fingerprint density at radius 2 is 2.09 bits per heavy atom. The van der Waals surface area contributed by atoms with E-state index in [4.69, 9.17) is 0 Å². The first-order valence-electron chi connectivity index (χ1n) is 6.67. The molecule has 106 valence electrons. The summed E-state index contributed by atoms with van der Waals surface area (Å²) in [7, 11) is 0. The number of nitrogens with one attached hydrogen (secondary N) is 2. The number of amides is 1. The molecule has 2 heterocycles. The van der Waals surface area contributed by atoms with Gasteiger partial charge in [0.15, 0.2) is 0 Å². The fourth-order valence-electron chi connectivity index (χ4n) is 2.14. The number of nitriles is 1. The monoisotopic (exact) mass is 288 g/mol. The van der Waals surface area contributed by atoms with Crippen molar-refractivity contribution in [2.75, 3.05) is 5.32 Å². The predicted molar refractivity (Wildman–Crippen MR) is 84.8 cm³/mol. The smallest absolute Gasteiger partial charge is 0.266 e. The number of para-hydroxylation sites is 1. The lowest BCUT2D eigenvalue weighted by Gasteiger charge is -2.03. The Morgan fingerprint density at radius 3 is 2.86 bits per heavy atom. The zero-order valence-electron chi connectivity index (χ0n) is 11.6. The highest BCUT2D eigenvalue weighted by Gasteiger charge is 2.11. The lowest BCUT2D eigenvalue weighted by atomic mass is 10.1. The molecule has 0 saturated carbocycles. The van der Waals surface area contributed by atoms with Crippen molar-refractivity contribution in [2.45, 2.75) is 0 Å². The number of hydrogen-bond donors (Lipinski definition) is 2. The van der Waals surface area contributed by atoms with Crippen molar-refractivity contribution in [2.24, 2.45) is 0 Å². The van der Waals surface area contributed by atoms with Crippen LogP contribution in [0, 0.1) is 11.3 Å². The molecule has 0 atom stereocenters. The summed E-state index contributed by atoms with van der Waals surface area (Å²) in [5.41, 5.74) is 2.32. The standard InChI is InChI=1S/C17H12N4O/c18-9-12(17(22)21-14-4-2-1-3-5-14)8-13-10-20-16-11-19-7-6-15(13)16/h1-8,10-11,20H,(H,21,22)/b12-8-. The average Bonchev–Trinajstić information content (AvgIpc) is 2.96. The van der Waals surface area contributed by atoms with E-state index in [1.807, 2.05) is 30.3 Å². The van der Waals surface area contributed by atoms with Gasteiger partial charge in [-0.25, -0.2) is 0 Å². The number of fused-ring (bicyclic) bond motifs is 1. The van der Waals surface area contributed by atoms with Gasteiger partial charge in [-0.15, -0.1) is 0 Å². The van der Waals surface area contributed by atoms with Crippen molar-refractivity contribution in [3.05, 3.63) is 66.1 Å². The van der Waals surface area contributed by atoms with Crippen LogP contribution in [-0.4, -0.2) is 15.9 Å². The number of rotatable bonds is 3. The van der Waals surface area contributed by atoms with E-state index in [9.17, 15) is 10.1 Å². The number of aromatic nitrogens is 2. The van der Waals surface area contributed by atoms with Crippen molar-refractivity contribution < 1.29 is 4.79 Å². The molecule has 2 aromatic heterocycles. The van der Waals surface area contributed by atoms with Crippen LogP contribution in [0.1, 0.15) is 5.56 Å². The first-order valence-corrected chi connectivity index (χ1v) is 6.67. The number of aromatic amines is 1. The minimum atomic E-state index is -0.433. The molecule has 0 aliphatic heterocycles. The first-order chi connectivity index (χ1) is 10.8. The van der Waals surface area contributed by atoms with Gasteiger partial charge in [-0.2, -0.15) is 5.26 Å². The van der Waals surface area contributed by atoms with Gasteiger partial charge in [-0.3, -0.25) is 9.78 Å². The van der Waals surface area contributed by atoms with Gasteiger partial charge in [0.05, 0.1) is 11.7 Å². The van der Waals surface area contributed by atoms with Crippen LogP contribution in [0.15, 0.2) is 60.6 Å². The molecule has 0 aliphatic carbocycles. The highest BCUT2D eigenvalue weighted by molar-refractivity contribution is 6.10. The molecule has 2 N–H and O–H groups in total. The van der Waals surface area contributed by atoms with Crippen molar-refractivity contribution in [1.29, 1.82) is 5.26 Å². The van der Waals surface area contributed by atoms with Crippen molar-refractivity contribution >= 4 is 28.6 Å². The van der Waals surface area contributed by atoms with E-state index in [1.54, 1.807) is 36.8 Å². The van der Waals surface area contributed by atoms with Gasteiger partial charge < -0.3 is 10.3 Å². The summed E-state index contributed by atoms with van der Waals surface area (Å²) in [6.07, 6.45) is 6.68. The summed E-state index contributed by atoms with van der Waals surface area (Å²) in [6, 6.07) is 12.8. The summed E-state index contributed by atoms with van der Waals surface area (Å²) in [5, 5.41) is 12.9. The Balaban J connectivity index is 1.90. The van der Waals surface area contributed by atoms with E-state index in [2.05, 4.69) is 15.3 Å². The maximum Gasteiger partial charge on any atom is 0.266 e. The second-order valence-electron chi connectivity index (χ2n) is 4.66. The molecule has 3 rings (SSSR count). The lowest BCUT2D eigenvalue weighted by molar-refractivity contribution is -0.112. The Morgan fingerprint density at radius 1 is 1.27 bits per heavy atom. The van der Waals surface area contributed by atoms with Crippen LogP contribution in [0.4, 0.5) is 5.69 Å². The van der Waals surface area contributed by atoms with E-state index in [1.165, 1.54) is 0 Å². The normalized spacial score (nSPS) is 11.1. The molecule has 5 heteroatoms. The highest BCUT2D eigenvalue weighted by Crippen LogP contribution is 2.20. The second-order valence-corrected chi connectivity index (χ2v) is 4.66. The molecule has 0 bridgehead atoms. The SMILES string of the molecule is N#C/C(=C/c1c[nH]c2cnccc12)C(=O)Nc1ccccc1. The second kappa shape index (κ2) is 5.94. The third-order valence-electron chi connectivity index (χ3n) is 3.21. The van der Waals surface area contributed by atoms with Crippen LogP contribution in [0.5, 0.6) is 0 Å². The maximum atomic E-state index is 12.2. The molecule has 0 spiro atoms. The zero-order valence-corrected chi connectivity index (χ0v) is 11.6. The van der Waals surface area contributed by atoms with Gasteiger partial charge in [0, 0.05) is 29.0 Å². The topological polar surface area (TPSA) is 81.6 Å². The number of carbonyl (C=O) groups excluding carboxylic acids is 1. The van der Waals surface area contributed by atoms with Crippen molar-refractivity contribution in [3.63, 3.8) is 0 Å². The minimum absolute atomic E-state index is 0.0431. The Bertz CT molecular complexity index is 888. The number of benzene rings is 1. The molecule has 22 heavy (non-hydrogen) atoms. The van der Waals surface area contributed by atoms with Gasteiger partial charge in [-0.05, 0) is 24.3 Å². The minimum Gasteiger partial charge on any atom is -0.359 e. The molecule has 0 fully saturated rings. The number of hydrogen-bond acceptors (Lipinski definition) is 3. The largest absolute Gasteiger partial charge is 0.359 e. The molecule has 0 saturated heterocycles. The van der Waals surface area contributed by atoms with Crippen molar-refractivity contribution in [1.82, 2.24) is 9.97 Å². The molecular formula is C17H12N4O. The molecule has 0 unspecified atom stereocenters. The average molecular weight is 288 g/mol. The summed E-state index contributed by atoms with van der Waals surface area (Å²) >= 11 is 0. The molecule has 1 aromatic carbocycles. The van der Waals surface area contributed by atoms with E-state index >= 15 is 0 Å². The quantitative estimate of drug-likeness (QED) is 0.574. The Hall–Kier alpha value is -3.39. The molecule has 5 nitrogen and oxygen atoms in total. The maximum absolute atomic E-state index is 12.2. The van der Waals surface area contributed by atoms with Crippen LogP contribution in [-0.2, 0) is 4.79 Å². The molecule has 0 aliphatic rings. The Kier molecular flexibility index (Phi) is 3.67. The number of anilines is 1. The number of H-pyrrole nitrogens is 1. The molecule has 1 amide bonds. The van der Waals surface area contributed by atoms with Gasteiger partial charge in [-0.1, -0.05) is 18.2 Å². The molecule has 0 radical (unpaired) electrons. The Labute approximate surface area is 126 Å². The summed E-state index contributed by atoms with van der Waals surface area (Å²) in [4.78, 5) is 19.3. The zero-order chi connectivity index (χ0) is 15.4. The van der Waals surface area contributed by atoms with Gasteiger partial charge in [0.25, 0.3) is 5.91 Å². The number of nitrogens with zero attached hydrogens (tertiary/aromatic N) is 2. The fourth-order valence-corrected chi connectivity index (χ4v) is 2.14. The van der Waals surface area contributed by atoms with E-state index in [-0.39, 0.29) is 5.57 Å². The van der Waals surface area contributed by atoms with Crippen LogP contribution < -0.4 is 5.32 Å². The summed E-state index contributed by atoms with van der Waals surface area (Å²) in [6.45, 7) is 0. The molecular weight excluding hydrogens is 276 g/mol. The summed E-state index contributed by atoms with van der Waals surface area (Å²) < 4.78 is 0. The van der Waals surface area contributed by atoms with E-state index in [0.29, 0.717) is 5.69 Å². The highest BCUT2D eigenvalue weighted by atomic mass is 16.1. The van der Waals surface area contributed by atoms with Gasteiger partial charge in [0.1, 0.15) is 11.6 Å². The van der Waals surface area contributed by atoms with Gasteiger partial charge >= 0.3 is 0 Å². The third kappa shape index (κ3) is 2.72. The van der Waals surface area contributed by atoms with Crippen LogP contribution >= 0.6 is 0 Å². The number of carbonyl (C=O) groups is 1. The van der Waals surface area contributed by atoms with Crippen molar-refractivity contribution in [3.8, 4) is 6.07 Å².